The van der Waals surface area contributed by atoms with Gasteiger partial charge in [0, 0.05) is 12.7 Å². The number of nitrogens with zero attached hydrogens (tertiary/aromatic N) is 1. The minimum absolute atomic E-state index is 0.269. The van der Waals surface area contributed by atoms with Gasteiger partial charge >= 0.3 is 0 Å². The molecule has 0 saturated heterocycles. The van der Waals surface area contributed by atoms with E-state index in [2.05, 4.69) is 15.6 Å². The van der Waals surface area contributed by atoms with Gasteiger partial charge in [0.2, 0.25) is 0 Å². The summed E-state index contributed by atoms with van der Waals surface area (Å²) < 4.78 is 32.6. The van der Waals surface area contributed by atoms with E-state index < -0.39 is 11.6 Å². The monoisotopic (exact) mass is 369 g/mol. The van der Waals surface area contributed by atoms with Crippen LogP contribution in [0.4, 0.5) is 20.2 Å². The van der Waals surface area contributed by atoms with Crippen molar-refractivity contribution < 1.29 is 18.3 Å². The van der Waals surface area contributed by atoms with Gasteiger partial charge in [0.15, 0.2) is 0 Å². The topological polar surface area (TPSA) is 63.2 Å². The molecule has 0 aliphatic heterocycles. The molecule has 0 aliphatic carbocycles. The summed E-state index contributed by atoms with van der Waals surface area (Å²) in [6.45, 7) is 0.322. The molecule has 3 aromatic rings. The third-order valence-electron chi connectivity index (χ3n) is 3.84. The molecule has 1 amide bonds. The average Bonchev–Trinajstić information content (AvgIpc) is 2.69. The highest BCUT2D eigenvalue weighted by atomic mass is 19.1. The number of carbonyl (C=O) groups is 1. The molecule has 2 aromatic carbocycles. The number of methoxy groups -OCH3 is 1. The Morgan fingerprint density at radius 3 is 2.44 bits per heavy atom. The maximum Gasteiger partial charge on any atom is 0.253 e. The van der Waals surface area contributed by atoms with Gasteiger partial charge in [-0.2, -0.15) is 0 Å². The van der Waals surface area contributed by atoms with Crippen molar-refractivity contribution in [3.63, 3.8) is 0 Å². The first-order chi connectivity index (χ1) is 13.1. The zero-order valence-electron chi connectivity index (χ0n) is 14.5. The summed E-state index contributed by atoms with van der Waals surface area (Å²) in [5, 5.41) is 5.39. The van der Waals surface area contributed by atoms with E-state index in [1.807, 2.05) is 12.1 Å². The Morgan fingerprint density at radius 1 is 1.07 bits per heavy atom. The van der Waals surface area contributed by atoms with E-state index in [0.29, 0.717) is 12.2 Å². The molecule has 0 saturated carbocycles. The van der Waals surface area contributed by atoms with Crippen LogP contribution in [0.15, 0.2) is 60.9 Å². The molecule has 1 heterocycles. The van der Waals surface area contributed by atoms with Gasteiger partial charge in [0.1, 0.15) is 23.1 Å². The lowest BCUT2D eigenvalue weighted by Gasteiger charge is -2.10. The number of amides is 1. The summed E-state index contributed by atoms with van der Waals surface area (Å²) in [6, 6.07) is 12.3. The van der Waals surface area contributed by atoms with Crippen molar-refractivity contribution in [2.24, 2.45) is 0 Å². The molecular weight excluding hydrogens is 352 g/mol. The Hall–Kier alpha value is -3.48. The van der Waals surface area contributed by atoms with Crippen LogP contribution < -0.4 is 15.4 Å². The Labute approximate surface area is 155 Å². The summed E-state index contributed by atoms with van der Waals surface area (Å²) in [5.74, 6) is -1.09. The molecule has 2 N–H and O–H groups in total. The van der Waals surface area contributed by atoms with Crippen molar-refractivity contribution in [2.45, 2.75) is 6.54 Å². The van der Waals surface area contributed by atoms with E-state index >= 15 is 0 Å². The van der Waals surface area contributed by atoms with Crippen molar-refractivity contribution in [1.29, 1.82) is 0 Å². The van der Waals surface area contributed by atoms with Gasteiger partial charge < -0.3 is 15.4 Å². The second-order valence-electron chi connectivity index (χ2n) is 5.71. The Morgan fingerprint density at radius 2 is 1.78 bits per heavy atom. The number of ether oxygens (including phenoxy) is 1. The number of anilines is 2. The fourth-order valence-electron chi connectivity index (χ4n) is 2.42. The largest absolute Gasteiger partial charge is 0.497 e. The first-order valence-corrected chi connectivity index (χ1v) is 8.14. The quantitative estimate of drug-likeness (QED) is 0.688. The van der Waals surface area contributed by atoms with Gasteiger partial charge in [-0.3, -0.25) is 9.78 Å². The predicted molar refractivity (Wildman–Crippen MR) is 98.0 cm³/mol. The van der Waals surface area contributed by atoms with E-state index in [1.54, 1.807) is 19.2 Å². The van der Waals surface area contributed by atoms with Crippen LogP contribution in [0.5, 0.6) is 5.75 Å². The molecule has 0 aliphatic rings. The standard InChI is InChI=1S/C20H17F2N3O2/c1-27-16-7-5-13(6-8-16)10-24-20(26)14-9-15(12-23-11-14)25-19-17(21)3-2-4-18(19)22/h2-9,11-12,25H,10H2,1H3,(H,24,26). The molecule has 138 valence electrons. The highest BCUT2D eigenvalue weighted by Gasteiger charge is 2.11. The molecule has 1 aromatic heterocycles. The molecule has 0 unspecified atom stereocenters. The number of para-hydroxylation sites is 1. The van der Waals surface area contributed by atoms with Crippen LogP contribution in [0.2, 0.25) is 0 Å². The van der Waals surface area contributed by atoms with Gasteiger partial charge in [0.25, 0.3) is 5.91 Å². The number of rotatable bonds is 6. The molecular formula is C20H17F2N3O2. The molecule has 3 rings (SSSR count). The number of benzene rings is 2. The van der Waals surface area contributed by atoms with E-state index in [9.17, 15) is 13.6 Å². The zero-order valence-corrected chi connectivity index (χ0v) is 14.5. The molecule has 0 spiro atoms. The fraction of sp³-hybridized carbons (Fsp3) is 0.100. The molecule has 7 heteroatoms. The van der Waals surface area contributed by atoms with Gasteiger partial charge in [-0.05, 0) is 35.9 Å². The Bertz CT molecular complexity index is 926. The molecule has 0 radical (unpaired) electrons. The highest BCUT2D eigenvalue weighted by Crippen LogP contribution is 2.23. The van der Waals surface area contributed by atoms with Crippen molar-refractivity contribution in [2.75, 3.05) is 12.4 Å². The zero-order chi connectivity index (χ0) is 19.2. The van der Waals surface area contributed by atoms with E-state index in [-0.39, 0.29) is 17.2 Å². The minimum atomic E-state index is -0.732. The fourth-order valence-corrected chi connectivity index (χ4v) is 2.42. The molecule has 5 nitrogen and oxygen atoms in total. The summed E-state index contributed by atoms with van der Waals surface area (Å²) in [7, 11) is 1.58. The Kier molecular flexibility index (Phi) is 5.61. The number of hydrogen-bond donors (Lipinski definition) is 2. The third kappa shape index (κ3) is 4.58. The van der Waals surface area contributed by atoms with Crippen LogP contribution >= 0.6 is 0 Å². The normalized spacial score (nSPS) is 10.3. The smallest absolute Gasteiger partial charge is 0.253 e. The van der Waals surface area contributed by atoms with Gasteiger partial charge in [-0.25, -0.2) is 8.78 Å². The number of aromatic nitrogens is 1. The SMILES string of the molecule is COc1ccc(CNC(=O)c2cncc(Nc3c(F)cccc3F)c2)cc1. The Balaban J connectivity index is 1.68. The van der Waals surface area contributed by atoms with Crippen molar-refractivity contribution in [3.05, 3.63) is 83.7 Å². The lowest BCUT2D eigenvalue weighted by molar-refractivity contribution is 0.0950. The van der Waals surface area contributed by atoms with Crippen LogP contribution in [-0.2, 0) is 6.54 Å². The lowest BCUT2D eigenvalue weighted by Crippen LogP contribution is -2.23. The van der Waals surface area contributed by atoms with Crippen molar-refractivity contribution in [1.82, 2.24) is 10.3 Å². The first kappa shape index (κ1) is 18.3. The van der Waals surface area contributed by atoms with Crippen LogP contribution in [0.25, 0.3) is 0 Å². The van der Waals surface area contributed by atoms with E-state index in [0.717, 1.165) is 23.4 Å². The van der Waals surface area contributed by atoms with E-state index in [1.165, 1.54) is 24.5 Å². The number of pyridine rings is 1. The van der Waals surface area contributed by atoms with Crippen LogP contribution in [0, 0.1) is 11.6 Å². The number of carbonyl (C=O) groups excluding carboxylic acids is 1. The summed E-state index contributed by atoms with van der Waals surface area (Å²) in [6.07, 6.45) is 2.76. The number of hydrogen-bond acceptors (Lipinski definition) is 4. The molecule has 0 bridgehead atoms. The highest BCUT2D eigenvalue weighted by molar-refractivity contribution is 5.94. The van der Waals surface area contributed by atoms with Gasteiger partial charge in [-0.15, -0.1) is 0 Å². The summed E-state index contributed by atoms with van der Waals surface area (Å²) in [5.41, 5.74) is 1.18. The maximum absolute atomic E-state index is 13.7. The van der Waals surface area contributed by atoms with Gasteiger partial charge in [0.05, 0.1) is 24.6 Å². The van der Waals surface area contributed by atoms with Crippen LogP contribution in [-0.4, -0.2) is 18.0 Å². The third-order valence-corrected chi connectivity index (χ3v) is 3.84. The van der Waals surface area contributed by atoms with Crippen molar-refractivity contribution in [3.8, 4) is 5.75 Å². The molecule has 27 heavy (non-hydrogen) atoms. The van der Waals surface area contributed by atoms with Crippen LogP contribution in [0.1, 0.15) is 15.9 Å². The summed E-state index contributed by atoms with van der Waals surface area (Å²) in [4.78, 5) is 16.3. The number of nitrogens with one attached hydrogen (secondary N) is 2. The lowest BCUT2D eigenvalue weighted by atomic mass is 10.2. The second kappa shape index (κ2) is 8.27. The van der Waals surface area contributed by atoms with Gasteiger partial charge in [-0.1, -0.05) is 18.2 Å². The van der Waals surface area contributed by atoms with E-state index in [4.69, 9.17) is 4.74 Å². The summed E-state index contributed by atoms with van der Waals surface area (Å²) >= 11 is 0. The molecule has 0 fully saturated rings. The van der Waals surface area contributed by atoms with Crippen molar-refractivity contribution >= 4 is 17.3 Å². The first-order valence-electron chi connectivity index (χ1n) is 8.14. The average molecular weight is 369 g/mol. The second-order valence-corrected chi connectivity index (χ2v) is 5.71. The van der Waals surface area contributed by atoms with Crippen LogP contribution in [0.3, 0.4) is 0 Å². The number of halogens is 2. The predicted octanol–water partition coefficient (Wildman–Crippen LogP) is 4.04. The minimum Gasteiger partial charge on any atom is -0.497 e. The molecule has 0 atom stereocenters. The maximum atomic E-state index is 13.7.